The molecule has 0 aliphatic heterocycles. The van der Waals surface area contributed by atoms with Crippen molar-refractivity contribution < 1.29 is 9.53 Å². The van der Waals surface area contributed by atoms with Crippen LogP contribution < -0.4 is 10.1 Å². The molecule has 0 saturated carbocycles. The Hall–Kier alpha value is -1.22. The number of nitrogens with one attached hydrogen (secondary N) is 1. The summed E-state index contributed by atoms with van der Waals surface area (Å²) in [6.07, 6.45) is 0.752. The molecule has 0 bridgehead atoms. The Morgan fingerprint density at radius 2 is 2.19 bits per heavy atom. The Balaban J connectivity index is 2.72. The van der Waals surface area contributed by atoms with Gasteiger partial charge in [0.15, 0.2) is 0 Å². The highest BCUT2D eigenvalue weighted by Gasteiger charge is 2.13. The van der Waals surface area contributed by atoms with Crippen molar-refractivity contribution in [2.75, 3.05) is 13.0 Å². The van der Waals surface area contributed by atoms with Crippen LogP contribution in [0.1, 0.15) is 23.7 Å². The minimum absolute atomic E-state index is 0.0647. The SMILES string of the molecule is COc1ccccc1C(=O)NC(C)CCCl. The molecule has 1 atom stereocenters. The number of methoxy groups -OCH3 is 1. The number of alkyl halides is 1. The Kier molecular flexibility index (Phi) is 5.12. The third-order valence-electron chi connectivity index (χ3n) is 2.27. The third-order valence-corrected chi connectivity index (χ3v) is 2.49. The molecule has 0 saturated heterocycles. The van der Waals surface area contributed by atoms with E-state index < -0.39 is 0 Å². The van der Waals surface area contributed by atoms with Gasteiger partial charge in [0.25, 0.3) is 5.91 Å². The van der Waals surface area contributed by atoms with Gasteiger partial charge in [0.05, 0.1) is 12.7 Å². The molecular weight excluding hydrogens is 226 g/mol. The normalized spacial score (nSPS) is 11.9. The van der Waals surface area contributed by atoms with Crippen LogP contribution in [0.4, 0.5) is 0 Å². The van der Waals surface area contributed by atoms with Gasteiger partial charge in [0.2, 0.25) is 0 Å². The summed E-state index contributed by atoms with van der Waals surface area (Å²) >= 11 is 5.61. The minimum atomic E-state index is -0.130. The molecule has 0 radical (unpaired) electrons. The summed E-state index contributed by atoms with van der Waals surface area (Å²) in [6.45, 7) is 1.93. The van der Waals surface area contributed by atoms with E-state index >= 15 is 0 Å². The first kappa shape index (κ1) is 12.8. The Morgan fingerprint density at radius 1 is 1.50 bits per heavy atom. The zero-order valence-corrected chi connectivity index (χ0v) is 10.3. The summed E-state index contributed by atoms with van der Waals surface area (Å²) in [5, 5.41) is 2.87. The highest BCUT2D eigenvalue weighted by Crippen LogP contribution is 2.17. The van der Waals surface area contributed by atoms with Crippen LogP contribution in [-0.4, -0.2) is 24.9 Å². The number of carbonyl (C=O) groups is 1. The standard InChI is InChI=1S/C12H16ClNO2/c1-9(7-8-13)14-12(15)10-5-3-4-6-11(10)16-2/h3-6,9H,7-8H2,1-2H3,(H,14,15). The molecule has 0 aliphatic rings. The van der Waals surface area contributed by atoms with E-state index in [9.17, 15) is 4.79 Å². The summed E-state index contributed by atoms with van der Waals surface area (Å²) in [5.74, 6) is 0.987. The van der Waals surface area contributed by atoms with Crippen LogP contribution in [-0.2, 0) is 0 Å². The number of ether oxygens (including phenoxy) is 1. The molecule has 1 N–H and O–H groups in total. The van der Waals surface area contributed by atoms with Gasteiger partial charge in [-0.15, -0.1) is 11.6 Å². The van der Waals surface area contributed by atoms with Gasteiger partial charge in [0.1, 0.15) is 5.75 Å². The third kappa shape index (κ3) is 3.42. The molecule has 1 unspecified atom stereocenters. The van der Waals surface area contributed by atoms with E-state index in [1.54, 1.807) is 19.2 Å². The number of para-hydroxylation sites is 1. The molecule has 0 aromatic heterocycles. The second-order valence-electron chi connectivity index (χ2n) is 3.55. The van der Waals surface area contributed by atoms with Crippen molar-refractivity contribution in [2.24, 2.45) is 0 Å². The molecule has 88 valence electrons. The molecular formula is C12H16ClNO2. The Labute approximate surface area is 101 Å². The zero-order chi connectivity index (χ0) is 12.0. The van der Waals surface area contributed by atoms with Gasteiger partial charge in [-0.2, -0.15) is 0 Å². The summed E-state index contributed by atoms with van der Waals surface area (Å²) in [4.78, 5) is 11.9. The molecule has 0 fully saturated rings. The summed E-state index contributed by atoms with van der Waals surface area (Å²) in [6, 6.07) is 7.21. The van der Waals surface area contributed by atoms with Gasteiger partial charge < -0.3 is 10.1 Å². The van der Waals surface area contributed by atoms with Gasteiger partial charge in [0, 0.05) is 11.9 Å². The lowest BCUT2D eigenvalue weighted by atomic mass is 10.1. The molecule has 0 aliphatic carbocycles. The van der Waals surface area contributed by atoms with Crippen LogP contribution in [0.5, 0.6) is 5.75 Å². The molecule has 1 aromatic carbocycles. The largest absolute Gasteiger partial charge is 0.496 e. The molecule has 1 amide bonds. The first-order chi connectivity index (χ1) is 7.69. The van der Waals surface area contributed by atoms with E-state index in [0.29, 0.717) is 17.2 Å². The average Bonchev–Trinajstić information content (AvgIpc) is 2.29. The molecule has 0 spiro atoms. The molecule has 0 heterocycles. The van der Waals surface area contributed by atoms with Gasteiger partial charge in [-0.05, 0) is 25.5 Å². The van der Waals surface area contributed by atoms with E-state index in [2.05, 4.69) is 5.32 Å². The van der Waals surface area contributed by atoms with E-state index in [1.807, 2.05) is 19.1 Å². The van der Waals surface area contributed by atoms with E-state index in [-0.39, 0.29) is 11.9 Å². The predicted octanol–water partition coefficient (Wildman–Crippen LogP) is 2.44. The van der Waals surface area contributed by atoms with E-state index in [0.717, 1.165) is 6.42 Å². The second-order valence-corrected chi connectivity index (χ2v) is 3.93. The quantitative estimate of drug-likeness (QED) is 0.805. The number of amides is 1. The number of benzene rings is 1. The van der Waals surface area contributed by atoms with Crippen molar-refractivity contribution in [1.82, 2.24) is 5.32 Å². The van der Waals surface area contributed by atoms with Gasteiger partial charge >= 0.3 is 0 Å². The first-order valence-corrected chi connectivity index (χ1v) is 5.72. The maximum absolute atomic E-state index is 11.9. The van der Waals surface area contributed by atoms with Gasteiger partial charge in [-0.25, -0.2) is 0 Å². The second kappa shape index (κ2) is 6.38. The molecule has 4 heteroatoms. The highest BCUT2D eigenvalue weighted by molar-refractivity contribution is 6.17. The molecule has 16 heavy (non-hydrogen) atoms. The fourth-order valence-electron chi connectivity index (χ4n) is 1.37. The van der Waals surface area contributed by atoms with E-state index in [1.165, 1.54) is 0 Å². The Morgan fingerprint density at radius 3 is 2.81 bits per heavy atom. The summed E-state index contributed by atoms with van der Waals surface area (Å²) in [7, 11) is 1.55. The highest BCUT2D eigenvalue weighted by atomic mass is 35.5. The lowest BCUT2D eigenvalue weighted by molar-refractivity contribution is 0.0936. The van der Waals surface area contributed by atoms with Crippen molar-refractivity contribution in [3.63, 3.8) is 0 Å². The van der Waals surface area contributed by atoms with Crippen LogP contribution in [0, 0.1) is 0 Å². The van der Waals surface area contributed by atoms with Crippen molar-refractivity contribution in [1.29, 1.82) is 0 Å². The van der Waals surface area contributed by atoms with E-state index in [4.69, 9.17) is 16.3 Å². The number of carbonyl (C=O) groups excluding carboxylic acids is 1. The van der Waals surface area contributed by atoms with Crippen molar-refractivity contribution >= 4 is 17.5 Å². The van der Waals surface area contributed by atoms with Crippen LogP contribution in [0.2, 0.25) is 0 Å². The van der Waals surface area contributed by atoms with Crippen LogP contribution in [0.3, 0.4) is 0 Å². The fraction of sp³-hybridized carbons (Fsp3) is 0.417. The van der Waals surface area contributed by atoms with Crippen molar-refractivity contribution in [3.8, 4) is 5.75 Å². The molecule has 1 rings (SSSR count). The molecule has 1 aromatic rings. The van der Waals surface area contributed by atoms with Gasteiger partial charge in [-0.1, -0.05) is 12.1 Å². The van der Waals surface area contributed by atoms with Crippen molar-refractivity contribution in [3.05, 3.63) is 29.8 Å². The van der Waals surface area contributed by atoms with Crippen LogP contribution >= 0.6 is 11.6 Å². The lowest BCUT2D eigenvalue weighted by Gasteiger charge is -2.13. The smallest absolute Gasteiger partial charge is 0.255 e. The van der Waals surface area contributed by atoms with Crippen molar-refractivity contribution in [2.45, 2.75) is 19.4 Å². The summed E-state index contributed by atoms with van der Waals surface area (Å²) < 4.78 is 5.12. The van der Waals surface area contributed by atoms with Crippen LogP contribution in [0.25, 0.3) is 0 Å². The number of hydrogen-bond donors (Lipinski definition) is 1. The Bertz CT molecular complexity index is 355. The van der Waals surface area contributed by atoms with Gasteiger partial charge in [-0.3, -0.25) is 4.79 Å². The fourth-order valence-corrected chi connectivity index (χ4v) is 1.70. The zero-order valence-electron chi connectivity index (χ0n) is 9.50. The number of halogens is 1. The monoisotopic (exact) mass is 241 g/mol. The first-order valence-electron chi connectivity index (χ1n) is 5.19. The predicted molar refractivity (Wildman–Crippen MR) is 65.3 cm³/mol. The number of rotatable bonds is 5. The average molecular weight is 242 g/mol. The molecule has 3 nitrogen and oxygen atoms in total. The summed E-state index contributed by atoms with van der Waals surface area (Å²) in [5.41, 5.74) is 0.548. The lowest BCUT2D eigenvalue weighted by Crippen LogP contribution is -2.33. The topological polar surface area (TPSA) is 38.3 Å². The number of hydrogen-bond acceptors (Lipinski definition) is 2. The minimum Gasteiger partial charge on any atom is -0.496 e. The maximum Gasteiger partial charge on any atom is 0.255 e. The maximum atomic E-state index is 11.9. The van der Waals surface area contributed by atoms with Crippen LogP contribution in [0.15, 0.2) is 24.3 Å².